The van der Waals surface area contributed by atoms with Crippen molar-refractivity contribution in [3.05, 3.63) is 29.3 Å². The van der Waals surface area contributed by atoms with Gasteiger partial charge in [-0.2, -0.15) is 5.26 Å². The van der Waals surface area contributed by atoms with Crippen LogP contribution in [-0.4, -0.2) is 18.9 Å². The van der Waals surface area contributed by atoms with E-state index in [0.717, 1.165) is 12.2 Å². The molecule has 3 heteroatoms. The molecule has 1 saturated carbocycles. The normalized spacial score (nSPS) is 13.4. The predicted octanol–water partition coefficient (Wildman–Crippen LogP) is 2.61. The number of nitriles is 1. The topological polar surface area (TPSA) is 44.1 Å². The van der Waals surface area contributed by atoms with Crippen molar-refractivity contribution in [3.8, 4) is 18.4 Å². The lowest BCUT2D eigenvalue weighted by Gasteiger charge is -2.24. The number of rotatable bonds is 5. The van der Waals surface area contributed by atoms with E-state index in [9.17, 15) is 4.79 Å². The summed E-state index contributed by atoms with van der Waals surface area (Å²) in [4.78, 5) is 13.8. The molecule has 0 N–H and O–H groups in total. The van der Waals surface area contributed by atoms with Gasteiger partial charge in [-0.05, 0) is 43.9 Å². The van der Waals surface area contributed by atoms with Gasteiger partial charge in [-0.25, -0.2) is 0 Å². The Morgan fingerprint density at radius 3 is 2.79 bits per heavy atom. The molecule has 0 atom stereocenters. The van der Waals surface area contributed by atoms with Crippen molar-refractivity contribution < 1.29 is 4.79 Å². The Hall–Kier alpha value is -2.26. The van der Waals surface area contributed by atoms with Crippen LogP contribution in [0.2, 0.25) is 0 Å². The monoisotopic (exact) mass is 252 g/mol. The minimum absolute atomic E-state index is 0.00249. The van der Waals surface area contributed by atoms with Crippen LogP contribution in [0, 0.1) is 29.6 Å². The number of hydrogen-bond acceptors (Lipinski definition) is 3. The number of anilines is 1. The Morgan fingerprint density at radius 2 is 2.26 bits per heavy atom. The van der Waals surface area contributed by atoms with Gasteiger partial charge in [-0.15, -0.1) is 6.42 Å². The van der Waals surface area contributed by atoms with Crippen LogP contribution in [0.4, 0.5) is 5.69 Å². The van der Waals surface area contributed by atoms with Gasteiger partial charge < -0.3 is 4.90 Å². The van der Waals surface area contributed by atoms with E-state index >= 15 is 0 Å². The van der Waals surface area contributed by atoms with E-state index in [-0.39, 0.29) is 5.78 Å². The lowest BCUT2D eigenvalue weighted by molar-refractivity contribution is 0.101. The van der Waals surface area contributed by atoms with Crippen molar-refractivity contribution in [3.63, 3.8) is 0 Å². The molecule has 0 heterocycles. The number of nitrogens with zero attached hydrogens (tertiary/aromatic N) is 2. The van der Waals surface area contributed by atoms with E-state index in [1.54, 1.807) is 18.2 Å². The second-order valence-corrected chi connectivity index (χ2v) is 4.93. The van der Waals surface area contributed by atoms with Crippen LogP contribution in [0.25, 0.3) is 0 Å². The summed E-state index contributed by atoms with van der Waals surface area (Å²) in [5, 5.41) is 9.00. The van der Waals surface area contributed by atoms with Gasteiger partial charge in [-0.3, -0.25) is 4.79 Å². The summed E-state index contributed by atoms with van der Waals surface area (Å²) in [6.07, 6.45) is 7.85. The molecule has 2 rings (SSSR count). The molecule has 0 amide bonds. The zero-order valence-electron chi connectivity index (χ0n) is 11.0. The summed E-state index contributed by atoms with van der Waals surface area (Å²) in [5.41, 5.74) is 1.98. The summed E-state index contributed by atoms with van der Waals surface area (Å²) in [5.74, 6) is 3.30. The predicted molar refractivity (Wildman–Crippen MR) is 74.9 cm³/mol. The van der Waals surface area contributed by atoms with E-state index in [1.807, 2.05) is 4.90 Å². The number of ketones is 1. The maximum atomic E-state index is 11.7. The molecule has 0 saturated heterocycles. The standard InChI is InChI=1S/C16H16N2O/c1-3-8-18(11-13-4-5-13)16-9-14(10-17)6-7-15(16)12(2)19/h1,6-7,9,13H,4-5,8,11H2,2H3. The quantitative estimate of drug-likeness (QED) is 0.597. The fourth-order valence-corrected chi connectivity index (χ4v) is 2.13. The Balaban J connectivity index is 2.39. The molecule has 19 heavy (non-hydrogen) atoms. The van der Waals surface area contributed by atoms with Gasteiger partial charge in [-0.1, -0.05) is 5.92 Å². The Morgan fingerprint density at radius 1 is 1.53 bits per heavy atom. The summed E-state index contributed by atoms with van der Waals surface area (Å²) in [7, 11) is 0. The van der Waals surface area contributed by atoms with Crippen LogP contribution >= 0.6 is 0 Å². The molecule has 0 aromatic heterocycles. The first-order chi connectivity index (χ1) is 9.15. The van der Waals surface area contributed by atoms with Crippen molar-refractivity contribution in [2.75, 3.05) is 18.0 Å². The number of benzene rings is 1. The van der Waals surface area contributed by atoms with Gasteiger partial charge in [0.25, 0.3) is 0 Å². The van der Waals surface area contributed by atoms with Crippen LogP contribution in [-0.2, 0) is 0 Å². The highest BCUT2D eigenvalue weighted by atomic mass is 16.1. The van der Waals surface area contributed by atoms with E-state index in [0.29, 0.717) is 23.6 Å². The minimum Gasteiger partial charge on any atom is -0.359 e. The van der Waals surface area contributed by atoms with E-state index in [1.165, 1.54) is 19.8 Å². The second kappa shape index (κ2) is 5.59. The molecule has 1 aliphatic carbocycles. The van der Waals surface area contributed by atoms with E-state index in [2.05, 4.69) is 12.0 Å². The van der Waals surface area contributed by atoms with Crippen LogP contribution < -0.4 is 4.90 Å². The average molecular weight is 252 g/mol. The third-order valence-electron chi connectivity index (χ3n) is 3.30. The van der Waals surface area contributed by atoms with Crippen LogP contribution in [0.5, 0.6) is 0 Å². The molecule has 96 valence electrons. The van der Waals surface area contributed by atoms with Gasteiger partial charge in [0.05, 0.1) is 18.2 Å². The molecule has 0 bridgehead atoms. The fraction of sp³-hybridized carbons (Fsp3) is 0.375. The lowest BCUT2D eigenvalue weighted by atomic mass is 10.0. The molecule has 0 spiro atoms. The summed E-state index contributed by atoms with van der Waals surface area (Å²) in [6, 6.07) is 7.26. The Kier molecular flexibility index (Phi) is 3.88. The number of carbonyl (C=O) groups excluding carboxylic acids is 1. The third-order valence-corrected chi connectivity index (χ3v) is 3.30. The van der Waals surface area contributed by atoms with Crippen molar-refractivity contribution in [1.82, 2.24) is 0 Å². The van der Waals surface area contributed by atoms with E-state index < -0.39 is 0 Å². The van der Waals surface area contributed by atoms with Gasteiger partial charge >= 0.3 is 0 Å². The SMILES string of the molecule is C#CCN(CC1CC1)c1cc(C#N)ccc1C(C)=O. The molecule has 0 unspecified atom stereocenters. The summed E-state index contributed by atoms with van der Waals surface area (Å²) < 4.78 is 0. The van der Waals surface area contributed by atoms with Crippen molar-refractivity contribution >= 4 is 11.5 Å². The first-order valence-corrected chi connectivity index (χ1v) is 6.39. The maximum Gasteiger partial charge on any atom is 0.161 e. The summed E-state index contributed by atoms with van der Waals surface area (Å²) in [6.45, 7) is 2.86. The zero-order chi connectivity index (χ0) is 13.8. The number of terminal acetylenes is 1. The van der Waals surface area contributed by atoms with Crippen LogP contribution in [0.3, 0.4) is 0 Å². The molecule has 1 aromatic rings. The molecule has 1 aliphatic rings. The van der Waals surface area contributed by atoms with Gasteiger partial charge in [0.1, 0.15) is 0 Å². The first kappa shape index (κ1) is 13.2. The first-order valence-electron chi connectivity index (χ1n) is 6.39. The van der Waals surface area contributed by atoms with E-state index in [4.69, 9.17) is 11.7 Å². The minimum atomic E-state index is -0.00249. The van der Waals surface area contributed by atoms with Gasteiger partial charge in [0, 0.05) is 17.8 Å². The molecule has 3 nitrogen and oxygen atoms in total. The van der Waals surface area contributed by atoms with Crippen molar-refractivity contribution in [2.45, 2.75) is 19.8 Å². The largest absolute Gasteiger partial charge is 0.359 e. The fourth-order valence-electron chi connectivity index (χ4n) is 2.13. The van der Waals surface area contributed by atoms with Gasteiger partial charge in [0.15, 0.2) is 5.78 Å². The average Bonchev–Trinajstić information content (AvgIpc) is 3.21. The highest BCUT2D eigenvalue weighted by Crippen LogP contribution is 2.32. The Labute approximate surface area is 113 Å². The molecular formula is C16H16N2O. The number of hydrogen-bond donors (Lipinski definition) is 0. The smallest absolute Gasteiger partial charge is 0.161 e. The van der Waals surface area contributed by atoms with Crippen LogP contribution in [0.15, 0.2) is 18.2 Å². The maximum absolute atomic E-state index is 11.7. The molecule has 1 fully saturated rings. The summed E-state index contributed by atoms with van der Waals surface area (Å²) >= 11 is 0. The number of Topliss-reactive ketones (excluding diaryl/α,β-unsaturated/α-hetero) is 1. The molecular weight excluding hydrogens is 236 g/mol. The molecule has 0 radical (unpaired) electrons. The van der Waals surface area contributed by atoms with Crippen molar-refractivity contribution in [1.29, 1.82) is 5.26 Å². The third kappa shape index (κ3) is 3.14. The molecule has 0 aliphatic heterocycles. The van der Waals surface area contributed by atoms with Crippen molar-refractivity contribution in [2.24, 2.45) is 5.92 Å². The second-order valence-electron chi connectivity index (χ2n) is 4.93. The highest BCUT2D eigenvalue weighted by Gasteiger charge is 2.25. The van der Waals surface area contributed by atoms with Crippen LogP contribution in [0.1, 0.15) is 35.7 Å². The number of carbonyl (C=O) groups is 1. The highest BCUT2D eigenvalue weighted by molar-refractivity contribution is 6.00. The lowest BCUT2D eigenvalue weighted by Crippen LogP contribution is -2.27. The van der Waals surface area contributed by atoms with Gasteiger partial charge in [0.2, 0.25) is 0 Å². The molecule has 1 aromatic carbocycles. The Bertz CT molecular complexity index is 573. The zero-order valence-corrected chi connectivity index (χ0v) is 11.0.